The first-order valence-electron chi connectivity index (χ1n) is 7.38. The minimum Gasteiger partial charge on any atom is -0.366 e. The standard InChI is InChI=1S/C14H21N5/c1-5-15-6-9-18(7-1)13-3-2-12-14(17-13)16-11-4-8-19(12)10-11/h2-3,11,15H,1,4-10H2,(H,16,17)/t11-/m0/s1. The maximum absolute atomic E-state index is 4.86. The molecule has 102 valence electrons. The fourth-order valence-corrected chi connectivity index (χ4v) is 3.34. The molecular formula is C14H21N5. The van der Waals surface area contributed by atoms with E-state index in [1.807, 2.05) is 0 Å². The first-order chi connectivity index (χ1) is 9.40. The van der Waals surface area contributed by atoms with Crippen LogP contribution < -0.4 is 20.4 Å². The van der Waals surface area contributed by atoms with E-state index in [-0.39, 0.29) is 0 Å². The van der Waals surface area contributed by atoms with E-state index in [1.165, 1.54) is 25.1 Å². The summed E-state index contributed by atoms with van der Waals surface area (Å²) in [4.78, 5) is 9.72. The minimum absolute atomic E-state index is 0.598. The summed E-state index contributed by atoms with van der Waals surface area (Å²) in [7, 11) is 0. The van der Waals surface area contributed by atoms with Crippen LogP contribution in [0.5, 0.6) is 0 Å². The molecule has 3 aliphatic heterocycles. The molecule has 0 radical (unpaired) electrons. The number of pyridine rings is 1. The monoisotopic (exact) mass is 259 g/mol. The Kier molecular flexibility index (Phi) is 2.72. The molecule has 0 amide bonds. The van der Waals surface area contributed by atoms with E-state index >= 15 is 0 Å². The lowest BCUT2D eigenvalue weighted by Crippen LogP contribution is -2.33. The van der Waals surface area contributed by atoms with Gasteiger partial charge in [-0.25, -0.2) is 4.98 Å². The fraction of sp³-hybridized carbons (Fsp3) is 0.643. The van der Waals surface area contributed by atoms with Crippen molar-refractivity contribution in [2.45, 2.75) is 18.9 Å². The summed E-state index contributed by atoms with van der Waals surface area (Å²) in [6, 6.07) is 5.02. The second-order valence-corrected chi connectivity index (χ2v) is 5.70. The molecule has 1 atom stereocenters. The first kappa shape index (κ1) is 11.3. The van der Waals surface area contributed by atoms with Crippen molar-refractivity contribution in [1.29, 1.82) is 0 Å². The normalized spacial score (nSPS) is 25.8. The predicted molar refractivity (Wildman–Crippen MR) is 78.2 cm³/mol. The van der Waals surface area contributed by atoms with E-state index in [4.69, 9.17) is 4.98 Å². The van der Waals surface area contributed by atoms with E-state index in [1.54, 1.807) is 0 Å². The van der Waals surface area contributed by atoms with Crippen molar-refractivity contribution < 1.29 is 0 Å². The summed E-state index contributed by atoms with van der Waals surface area (Å²) in [5.41, 5.74) is 1.28. The molecule has 0 saturated carbocycles. The molecule has 19 heavy (non-hydrogen) atoms. The molecule has 0 unspecified atom stereocenters. The predicted octanol–water partition coefficient (Wildman–Crippen LogP) is 0.885. The number of rotatable bonds is 1. The molecule has 0 spiro atoms. The van der Waals surface area contributed by atoms with E-state index in [0.717, 1.165) is 44.4 Å². The van der Waals surface area contributed by atoms with E-state index in [9.17, 15) is 0 Å². The topological polar surface area (TPSA) is 43.4 Å². The highest BCUT2D eigenvalue weighted by molar-refractivity contribution is 5.72. The van der Waals surface area contributed by atoms with Crippen LogP contribution in [0.4, 0.5) is 17.3 Å². The average molecular weight is 259 g/mol. The summed E-state index contributed by atoms with van der Waals surface area (Å²) < 4.78 is 0. The van der Waals surface area contributed by atoms with Gasteiger partial charge in [-0.2, -0.15) is 0 Å². The number of nitrogens with one attached hydrogen (secondary N) is 2. The van der Waals surface area contributed by atoms with Gasteiger partial charge in [-0.05, 0) is 31.5 Å². The molecule has 2 fully saturated rings. The van der Waals surface area contributed by atoms with Crippen LogP contribution in [0.15, 0.2) is 12.1 Å². The van der Waals surface area contributed by atoms with Crippen molar-refractivity contribution >= 4 is 17.3 Å². The average Bonchev–Trinajstić information content (AvgIpc) is 2.67. The van der Waals surface area contributed by atoms with E-state index < -0.39 is 0 Å². The van der Waals surface area contributed by atoms with Gasteiger partial charge < -0.3 is 20.4 Å². The van der Waals surface area contributed by atoms with Crippen LogP contribution in [-0.2, 0) is 0 Å². The van der Waals surface area contributed by atoms with Crippen molar-refractivity contribution in [2.75, 3.05) is 54.4 Å². The molecule has 0 aromatic carbocycles. The Balaban J connectivity index is 1.62. The van der Waals surface area contributed by atoms with Gasteiger partial charge in [-0.3, -0.25) is 0 Å². The lowest BCUT2D eigenvalue weighted by Gasteiger charge is -2.29. The molecule has 4 heterocycles. The van der Waals surface area contributed by atoms with Gasteiger partial charge in [0.2, 0.25) is 0 Å². The van der Waals surface area contributed by atoms with Crippen LogP contribution in [0.3, 0.4) is 0 Å². The highest BCUT2D eigenvalue weighted by Gasteiger charge is 2.30. The summed E-state index contributed by atoms with van der Waals surface area (Å²) in [5, 5.41) is 7.03. The van der Waals surface area contributed by atoms with E-state index in [2.05, 4.69) is 32.6 Å². The second kappa shape index (κ2) is 4.56. The maximum atomic E-state index is 4.86. The van der Waals surface area contributed by atoms with Crippen LogP contribution in [0.1, 0.15) is 12.8 Å². The third-order valence-electron chi connectivity index (χ3n) is 4.39. The molecule has 2 bridgehead atoms. The van der Waals surface area contributed by atoms with Gasteiger partial charge in [0, 0.05) is 38.8 Å². The number of hydrogen-bond donors (Lipinski definition) is 2. The van der Waals surface area contributed by atoms with Crippen LogP contribution in [-0.4, -0.2) is 50.3 Å². The Hall–Kier alpha value is -1.49. The highest BCUT2D eigenvalue weighted by Crippen LogP contribution is 2.35. The van der Waals surface area contributed by atoms with Gasteiger partial charge in [0.25, 0.3) is 0 Å². The molecule has 3 aliphatic rings. The Morgan fingerprint density at radius 2 is 2.11 bits per heavy atom. The Morgan fingerprint density at radius 1 is 1.11 bits per heavy atom. The van der Waals surface area contributed by atoms with Crippen molar-refractivity contribution in [1.82, 2.24) is 10.3 Å². The van der Waals surface area contributed by atoms with Crippen LogP contribution in [0.25, 0.3) is 0 Å². The van der Waals surface area contributed by atoms with Crippen LogP contribution in [0, 0.1) is 0 Å². The zero-order valence-corrected chi connectivity index (χ0v) is 11.2. The largest absolute Gasteiger partial charge is 0.366 e. The van der Waals surface area contributed by atoms with Gasteiger partial charge in [0.15, 0.2) is 5.82 Å². The fourth-order valence-electron chi connectivity index (χ4n) is 3.34. The number of nitrogens with zero attached hydrogens (tertiary/aromatic N) is 3. The molecule has 5 nitrogen and oxygen atoms in total. The maximum Gasteiger partial charge on any atom is 0.152 e. The zero-order chi connectivity index (χ0) is 12.7. The molecular weight excluding hydrogens is 238 g/mol. The van der Waals surface area contributed by atoms with E-state index in [0.29, 0.717) is 6.04 Å². The van der Waals surface area contributed by atoms with Gasteiger partial charge in [0.1, 0.15) is 5.82 Å². The quantitative estimate of drug-likeness (QED) is 0.784. The van der Waals surface area contributed by atoms with Crippen molar-refractivity contribution in [3.8, 4) is 0 Å². The molecule has 5 heteroatoms. The van der Waals surface area contributed by atoms with Crippen molar-refractivity contribution in [2.24, 2.45) is 0 Å². The summed E-state index contributed by atoms with van der Waals surface area (Å²) in [6.07, 6.45) is 2.43. The molecule has 0 aliphatic carbocycles. The Labute approximate surface area is 114 Å². The van der Waals surface area contributed by atoms with Gasteiger partial charge >= 0.3 is 0 Å². The molecule has 2 N–H and O–H groups in total. The lowest BCUT2D eigenvalue weighted by molar-refractivity contribution is 0.724. The third-order valence-corrected chi connectivity index (χ3v) is 4.39. The second-order valence-electron chi connectivity index (χ2n) is 5.70. The van der Waals surface area contributed by atoms with Crippen LogP contribution in [0.2, 0.25) is 0 Å². The number of fused-ring (bicyclic) bond motifs is 4. The van der Waals surface area contributed by atoms with Gasteiger partial charge in [0.05, 0.1) is 5.69 Å². The molecule has 1 aromatic heterocycles. The lowest BCUT2D eigenvalue weighted by atomic mass is 10.2. The minimum atomic E-state index is 0.598. The summed E-state index contributed by atoms with van der Waals surface area (Å²) in [6.45, 7) is 6.64. The summed E-state index contributed by atoms with van der Waals surface area (Å²) >= 11 is 0. The molecule has 2 saturated heterocycles. The third kappa shape index (κ3) is 2.02. The SMILES string of the molecule is c1cc2c(nc1N1CCCNCC1)N[C@H]1CCN2C1. The number of hydrogen-bond acceptors (Lipinski definition) is 5. The van der Waals surface area contributed by atoms with Gasteiger partial charge in [-0.15, -0.1) is 0 Å². The van der Waals surface area contributed by atoms with Crippen molar-refractivity contribution in [3.63, 3.8) is 0 Å². The zero-order valence-electron chi connectivity index (χ0n) is 11.2. The number of anilines is 3. The molecule has 4 rings (SSSR count). The highest BCUT2D eigenvalue weighted by atomic mass is 15.3. The molecule has 1 aromatic rings. The van der Waals surface area contributed by atoms with Gasteiger partial charge in [-0.1, -0.05) is 0 Å². The smallest absolute Gasteiger partial charge is 0.152 e. The Morgan fingerprint density at radius 3 is 3.11 bits per heavy atom. The Bertz CT molecular complexity index is 467. The summed E-state index contributed by atoms with van der Waals surface area (Å²) in [5.74, 6) is 2.21. The number of aromatic nitrogens is 1. The van der Waals surface area contributed by atoms with Crippen LogP contribution >= 0.6 is 0 Å². The van der Waals surface area contributed by atoms with Crippen molar-refractivity contribution in [3.05, 3.63) is 12.1 Å². The first-order valence-corrected chi connectivity index (χ1v) is 7.38.